The molecule has 3 rings (SSSR count). The van der Waals surface area contributed by atoms with Crippen molar-refractivity contribution < 1.29 is 14.3 Å². The van der Waals surface area contributed by atoms with Crippen LogP contribution >= 0.6 is 15.9 Å². The highest BCUT2D eigenvalue weighted by atomic mass is 79.9. The van der Waals surface area contributed by atoms with Crippen LogP contribution in [0.5, 0.6) is 5.75 Å². The Bertz CT molecular complexity index is 820. The average molecular weight is 389 g/mol. The minimum atomic E-state index is -0.239. The fraction of sp³-hybridized carbons (Fsp3) is 0.222. The molecule has 5 nitrogen and oxygen atoms in total. The molecule has 0 atom stereocenters. The van der Waals surface area contributed by atoms with Gasteiger partial charge in [0.25, 0.3) is 5.91 Å². The van der Waals surface area contributed by atoms with E-state index in [1.165, 1.54) is 0 Å². The normalized spacial score (nSPS) is 13.0. The Morgan fingerprint density at radius 2 is 2.08 bits per heavy atom. The summed E-state index contributed by atoms with van der Waals surface area (Å²) in [6.07, 6.45) is 0.371. The third kappa shape index (κ3) is 3.01. The van der Waals surface area contributed by atoms with Crippen LogP contribution in [0.25, 0.3) is 0 Å². The molecule has 2 aromatic carbocycles. The Hall–Kier alpha value is -2.34. The van der Waals surface area contributed by atoms with Crippen molar-refractivity contribution in [1.82, 2.24) is 0 Å². The highest BCUT2D eigenvalue weighted by molar-refractivity contribution is 9.10. The van der Waals surface area contributed by atoms with E-state index < -0.39 is 0 Å². The van der Waals surface area contributed by atoms with Crippen molar-refractivity contribution in [3.63, 3.8) is 0 Å². The molecule has 2 amide bonds. The molecule has 0 saturated heterocycles. The summed E-state index contributed by atoms with van der Waals surface area (Å²) in [7, 11) is 1.56. The first-order chi connectivity index (χ1) is 11.5. The molecule has 1 N–H and O–H groups in total. The lowest BCUT2D eigenvalue weighted by Gasteiger charge is -2.15. The molecule has 0 unspecified atom stereocenters. The van der Waals surface area contributed by atoms with Crippen molar-refractivity contribution >= 4 is 39.1 Å². The van der Waals surface area contributed by atoms with Crippen LogP contribution in [0.1, 0.15) is 22.8 Å². The molecule has 0 fully saturated rings. The molecule has 0 radical (unpaired) electrons. The number of nitrogens with one attached hydrogen (secondary N) is 1. The Kier molecular flexibility index (Phi) is 4.57. The van der Waals surface area contributed by atoms with Crippen LogP contribution in [0.3, 0.4) is 0 Å². The number of amides is 2. The number of methoxy groups -OCH3 is 1. The number of carbonyl (C=O) groups is 2. The number of hydrogen-bond donors (Lipinski definition) is 1. The molecule has 0 bridgehead atoms. The zero-order valence-corrected chi connectivity index (χ0v) is 15.0. The second-order valence-electron chi connectivity index (χ2n) is 5.46. The molecule has 6 heteroatoms. The maximum absolute atomic E-state index is 12.5. The molecule has 0 spiro atoms. The highest BCUT2D eigenvalue weighted by Gasteiger charge is 2.26. The fourth-order valence-corrected chi connectivity index (χ4v) is 3.24. The number of anilines is 2. The van der Waals surface area contributed by atoms with Gasteiger partial charge in [-0.3, -0.25) is 9.59 Å². The van der Waals surface area contributed by atoms with Crippen LogP contribution in [-0.2, 0) is 11.2 Å². The van der Waals surface area contributed by atoms with E-state index in [0.717, 1.165) is 11.3 Å². The van der Waals surface area contributed by atoms with Crippen molar-refractivity contribution in [2.24, 2.45) is 0 Å². The van der Waals surface area contributed by atoms with E-state index in [4.69, 9.17) is 4.74 Å². The summed E-state index contributed by atoms with van der Waals surface area (Å²) < 4.78 is 5.85. The van der Waals surface area contributed by atoms with Gasteiger partial charge >= 0.3 is 0 Å². The molecular formula is C18H17BrN2O3. The van der Waals surface area contributed by atoms with Gasteiger partial charge in [0.1, 0.15) is 5.75 Å². The zero-order chi connectivity index (χ0) is 17.3. The van der Waals surface area contributed by atoms with E-state index in [1.807, 2.05) is 25.1 Å². The molecule has 1 heterocycles. The lowest BCUT2D eigenvalue weighted by atomic mass is 10.1. The van der Waals surface area contributed by atoms with Crippen molar-refractivity contribution in [2.75, 3.05) is 23.9 Å². The lowest BCUT2D eigenvalue weighted by Crippen LogP contribution is -2.25. The molecule has 0 aromatic heterocycles. The quantitative estimate of drug-likeness (QED) is 0.869. The number of likely N-dealkylation sites (N-methyl/N-ethyl adjacent to an activating group) is 1. The zero-order valence-electron chi connectivity index (χ0n) is 13.4. The van der Waals surface area contributed by atoms with E-state index in [0.29, 0.717) is 34.4 Å². The molecule has 0 aliphatic carbocycles. The summed E-state index contributed by atoms with van der Waals surface area (Å²) in [5.74, 6) is 0.463. The largest absolute Gasteiger partial charge is 0.497 e. The van der Waals surface area contributed by atoms with Crippen molar-refractivity contribution in [3.8, 4) is 5.75 Å². The van der Waals surface area contributed by atoms with Gasteiger partial charge in [0.05, 0.1) is 19.1 Å². The van der Waals surface area contributed by atoms with Gasteiger partial charge in [-0.05, 0) is 64.8 Å². The molecular weight excluding hydrogens is 372 g/mol. The van der Waals surface area contributed by atoms with E-state index in [2.05, 4.69) is 21.2 Å². The Morgan fingerprint density at radius 1 is 1.29 bits per heavy atom. The number of hydrogen-bond acceptors (Lipinski definition) is 3. The molecule has 1 aliphatic heterocycles. The summed E-state index contributed by atoms with van der Waals surface area (Å²) in [6.45, 7) is 2.59. The molecule has 124 valence electrons. The predicted octanol–water partition coefficient (Wildman–Crippen LogP) is 3.62. The van der Waals surface area contributed by atoms with Crippen LogP contribution in [0.4, 0.5) is 11.4 Å². The monoisotopic (exact) mass is 388 g/mol. The number of ether oxygens (including phenoxy) is 1. The topological polar surface area (TPSA) is 58.6 Å². The SMILES string of the molecule is CCN1C(=O)Cc2cc(NC(=O)c3cc(OC)ccc3Br)ccc21. The van der Waals surface area contributed by atoms with Gasteiger partial charge < -0.3 is 15.0 Å². The Labute approximate surface area is 148 Å². The minimum absolute atomic E-state index is 0.0894. The van der Waals surface area contributed by atoms with Crippen LogP contribution in [-0.4, -0.2) is 25.5 Å². The summed E-state index contributed by atoms with van der Waals surface area (Å²) in [5.41, 5.74) is 3.01. The average Bonchev–Trinajstić information content (AvgIpc) is 2.89. The van der Waals surface area contributed by atoms with E-state index in [9.17, 15) is 9.59 Å². The molecule has 0 saturated carbocycles. The summed E-state index contributed by atoms with van der Waals surface area (Å²) in [6, 6.07) is 10.8. The van der Waals surface area contributed by atoms with Gasteiger partial charge in [-0.25, -0.2) is 0 Å². The van der Waals surface area contributed by atoms with Gasteiger partial charge in [0.15, 0.2) is 0 Å². The Balaban J connectivity index is 1.84. The third-order valence-electron chi connectivity index (χ3n) is 4.01. The Morgan fingerprint density at radius 3 is 2.79 bits per heavy atom. The molecule has 24 heavy (non-hydrogen) atoms. The summed E-state index contributed by atoms with van der Waals surface area (Å²) in [5, 5.41) is 2.87. The maximum Gasteiger partial charge on any atom is 0.256 e. The minimum Gasteiger partial charge on any atom is -0.497 e. The second kappa shape index (κ2) is 6.65. The van der Waals surface area contributed by atoms with Crippen molar-refractivity contribution in [2.45, 2.75) is 13.3 Å². The van der Waals surface area contributed by atoms with Crippen LogP contribution in [0, 0.1) is 0 Å². The fourth-order valence-electron chi connectivity index (χ4n) is 2.81. The van der Waals surface area contributed by atoms with Crippen LogP contribution < -0.4 is 15.0 Å². The molecule has 2 aromatic rings. The van der Waals surface area contributed by atoms with E-state index >= 15 is 0 Å². The van der Waals surface area contributed by atoms with Crippen molar-refractivity contribution in [1.29, 1.82) is 0 Å². The number of rotatable bonds is 4. The first-order valence-corrected chi connectivity index (χ1v) is 8.41. The van der Waals surface area contributed by atoms with Crippen molar-refractivity contribution in [3.05, 3.63) is 52.0 Å². The highest BCUT2D eigenvalue weighted by Crippen LogP contribution is 2.31. The van der Waals surface area contributed by atoms with Gasteiger partial charge in [0, 0.05) is 22.4 Å². The maximum atomic E-state index is 12.5. The standard InChI is InChI=1S/C18H17BrN2O3/c1-3-21-16-7-4-12(8-11(16)9-17(21)22)20-18(23)14-10-13(24-2)5-6-15(14)19/h4-8,10H,3,9H2,1-2H3,(H,20,23). The number of benzene rings is 2. The summed E-state index contributed by atoms with van der Waals surface area (Å²) >= 11 is 3.38. The third-order valence-corrected chi connectivity index (χ3v) is 4.70. The predicted molar refractivity (Wildman–Crippen MR) is 96.8 cm³/mol. The molecule has 1 aliphatic rings. The lowest BCUT2D eigenvalue weighted by molar-refractivity contribution is -0.117. The second-order valence-corrected chi connectivity index (χ2v) is 6.31. The number of fused-ring (bicyclic) bond motifs is 1. The van der Waals surface area contributed by atoms with Gasteiger partial charge in [-0.15, -0.1) is 0 Å². The van der Waals surface area contributed by atoms with Crippen LogP contribution in [0.15, 0.2) is 40.9 Å². The number of carbonyl (C=O) groups excluding carboxylic acids is 2. The van der Waals surface area contributed by atoms with Crippen LogP contribution in [0.2, 0.25) is 0 Å². The first kappa shape index (κ1) is 16.5. The summed E-state index contributed by atoms with van der Waals surface area (Å²) in [4.78, 5) is 26.2. The first-order valence-electron chi connectivity index (χ1n) is 7.61. The van der Waals surface area contributed by atoms with Gasteiger partial charge in [-0.2, -0.15) is 0 Å². The number of halogens is 1. The van der Waals surface area contributed by atoms with Gasteiger partial charge in [-0.1, -0.05) is 0 Å². The smallest absolute Gasteiger partial charge is 0.256 e. The van der Waals surface area contributed by atoms with E-state index in [1.54, 1.807) is 30.2 Å². The van der Waals surface area contributed by atoms with E-state index in [-0.39, 0.29) is 11.8 Å². The number of nitrogens with zero attached hydrogens (tertiary/aromatic N) is 1. The van der Waals surface area contributed by atoms with Gasteiger partial charge in [0.2, 0.25) is 5.91 Å².